The van der Waals surface area contributed by atoms with Crippen molar-refractivity contribution < 1.29 is 9.84 Å². The quantitative estimate of drug-likeness (QED) is 0.0897. The highest BCUT2D eigenvalue weighted by Gasteiger charge is 2.20. The third-order valence-electron chi connectivity index (χ3n) is 7.02. The minimum absolute atomic E-state index is 0.232. The molecular weight excluding hydrogens is 392 g/mol. The van der Waals surface area contributed by atoms with Gasteiger partial charge in [0.15, 0.2) is 6.29 Å². The van der Waals surface area contributed by atoms with E-state index in [4.69, 9.17) is 4.74 Å². The molecule has 1 radical (unpaired) electrons. The van der Waals surface area contributed by atoms with E-state index in [1.165, 1.54) is 135 Å². The van der Waals surface area contributed by atoms with Gasteiger partial charge >= 0.3 is 0 Å². The number of rotatable bonds is 27. The number of hydrogen-bond donors (Lipinski definition) is 0. The van der Waals surface area contributed by atoms with Crippen molar-refractivity contribution in [2.45, 2.75) is 181 Å². The molecule has 0 saturated heterocycles. The first-order chi connectivity index (χ1) is 15.8. The molecule has 0 bridgehead atoms. The average molecular weight is 454 g/mol. The largest absolute Gasteiger partial charge is 0.349 e. The predicted molar refractivity (Wildman–Crippen MR) is 142 cm³/mol. The van der Waals surface area contributed by atoms with Crippen LogP contribution in [0.15, 0.2) is 0 Å². The average Bonchev–Trinajstić information content (AvgIpc) is 2.80. The Labute approximate surface area is 203 Å². The first-order valence-corrected chi connectivity index (χ1v) is 15.0. The van der Waals surface area contributed by atoms with E-state index in [0.29, 0.717) is 6.61 Å². The first-order valence-electron chi connectivity index (χ1n) is 15.0. The first kappa shape index (κ1) is 31.9. The SMILES string of the molecule is CCCCCCCCCCCCCCOC([O])C(CCCCCC)CCCCCCCC. The summed E-state index contributed by atoms with van der Waals surface area (Å²) in [6, 6.07) is 0. The standard InChI is InChI=1S/C30H61O2/c1-4-7-10-13-15-16-17-18-19-20-22-25-28-32-30(31)29(26-23-12-9-6-3)27-24-21-14-11-8-5-2/h29-30H,4-28H2,1-3H3. The normalized spacial score (nSPS) is 13.5. The van der Waals surface area contributed by atoms with Crippen molar-refractivity contribution in [2.24, 2.45) is 5.92 Å². The van der Waals surface area contributed by atoms with Gasteiger partial charge in [0.25, 0.3) is 0 Å². The lowest BCUT2D eigenvalue weighted by Gasteiger charge is -2.22. The Kier molecular flexibility index (Phi) is 27.1. The van der Waals surface area contributed by atoms with E-state index in [9.17, 15) is 5.11 Å². The Morgan fingerprint density at radius 1 is 0.438 bits per heavy atom. The van der Waals surface area contributed by atoms with Crippen molar-refractivity contribution in [3.8, 4) is 0 Å². The van der Waals surface area contributed by atoms with Gasteiger partial charge in [0, 0.05) is 12.5 Å². The molecule has 0 aromatic rings. The minimum atomic E-state index is -0.792. The van der Waals surface area contributed by atoms with Crippen LogP contribution in [0.4, 0.5) is 0 Å². The fourth-order valence-corrected chi connectivity index (χ4v) is 4.72. The van der Waals surface area contributed by atoms with E-state index in [1.54, 1.807) is 0 Å². The van der Waals surface area contributed by atoms with Crippen molar-refractivity contribution in [3.05, 3.63) is 0 Å². The van der Waals surface area contributed by atoms with E-state index >= 15 is 0 Å². The van der Waals surface area contributed by atoms with Crippen LogP contribution in [0, 0.1) is 5.92 Å². The van der Waals surface area contributed by atoms with Crippen LogP contribution in [-0.2, 0) is 9.84 Å². The molecule has 0 fully saturated rings. The highest BCUT2D eigenvalue weighted by Crippen LogP contribution is 2.23. The minimum Gasteiger partial charge on any atom is -0.349 e. The Balaban J connectivity index is 3.76. The van der Waals surface area contributed by atoms with E-state index in [-0.39, 0.29) is 5.92 Å². The third-order valence-corrected chi connectivity index (χ3v) is 7.02. The Hall–Kier alpha value is -0.0800. The lowest BCUT2D eigenvalue weighted by atomic mass is 9.93. The number of ether oxygens (including phenoxy) is 1. The van der Waals surface area contributed by atoms with Crippen LogP contribution >= 0.6 is 0 Å². The van der Waals surface area contributed by atoms with Gasteiger partial charge in [-0.2, -0.15) is 0 Å². The Morgan fingerprint density at radius 2 is 0.750 bits per heavy atom. The summed E-state index contributed by atoms with van der Waals surface area (Å²) < 4.78 is 5.79. The van der Waals surface area contributed by atoms with Gasteiger partial charge in [-0.25, -0.2) is 5.11 Å². The molecule has 2 atom stereocenters. The van der Waals surface area contributed by atoms with Crippen LogP contribution in [0.3, 0.4) is 0 Å². The van der Waals surface area contributed by atoms with Crippen LogP contribution in [0.25, 0.3) is 0 Å². The summed E-state index contributed by atoms with van der Waals surface area (Å²) >= 11 is 0. The molecule has 2 nitrogen and oxygen atoms in total. The van der Waals surface area contributed by atoms with Gasteiger partial charge in [-0.15, -0.1) is 0 Å². The lowest BCUT2D eigenvalue weighted by Crippen LogP contribution is -2.23. The van der Waals surface area contributed by atoms with Crippen molar-refractivity contribution in [1.29, 1.82) is 0 Å². The van der Waals surface area contributed by atoms with Gasteiger partial charge < -0.3 is 4.74 Å². The second-order valence-electron chi connectivity index (χ2n) is 10.3. The smallest absolute Gasteiger partial charge is 0.194 e. The molecule has 0 aliphatic heterocycles. The van der Waals surface area contributed by atoms with Crippen molar-refractivity contribution in [1.82, 2.24) is 0 Å². The predicted octanol–water partition coefficient (Wildman–Crippen LogP) is 10.8. The molecule has 2 heteroatoms. The maximum atomic E-state index is 12.7. The van der Waals surface area contributed by atoms with Crippen LogP contribution in [0.5, 0.6) is 0 Å². The molecule has 0 aliphatic rings. The van der Waals surface area contributed by atoms with Gasteiger partial charge in [0.2, 0.25) is 0 Å². The number of hydrogen-bond acceptors (Lipinski definition) is 1. The van der Waals surface area contributed by atoms with Gasteiger partial charge in [-0.1, -0.05) is 156 Å². The summed E-state index contributed by atoms with van der Waals surface area (Å²) in [5.41, 5.74) is 0. The molecule has 0 amide bonds. The highest BCUT2D eigenvalue weighted by molar-refractivity contribution is 4.64. The van der Waals surface area contributed by atoms with Crippen molar-refractivity contribution in [3.63, 3.8) is 0 Å². The van der Waals surface area contributed by atoms with Crippen LogP contribution in [-0.4, -0.2) is 12.9 Å². The Morgan fingerprint density at radius 3 is 1.16 bits per heavy atom. The van der Waals surface area contributed by atoms with Gasteiger partial charge in [-0.05, 0) is 19.3 Å². The molecule has 32 heavy (non-hydrogen) atoms. The lowest BCUT2D eigenvalue weighted by molar-refractivity contribution is -0.175. The van der Waals surface area contributed by atoms with Crippen LogP contribution in [0.2, 0.25) is 0 Å². The van der Waals surface area contributed by atoms with Gasteiger partial charge in [0.05, 0.1) is 0 Å². The van der Waals surface area contributed by atoms with E-state index in [1.807, 2.05) is 0 Å². The van der Waals surface area contributed by atoms with E-state index in [0.717, 1.165) is 19.3 Å². The summed E-state index contributed by atoms with van der Waals surface area (Å²) in [5, 5.41) is 12.7. The molecule has 0 saturated carbocycles. The molecule has 0 aliphatic carbocycles. The van der Waals surface area contributed by atoms with Crippen molar-refractivity contribution in [2.75, 3.05) is 6.61 Å². The zero-order chi connectivity index (χ0) is 23.5. The molecule has 0 aromatic heterocycles. The van der Waals surface area contributed by atoms with E-state index < -0.39 is 6.29 Å². The molecule has 0 spiro atoms. The highest BCUT2D eigenvalue weighted by atomic mass is 16.6. The molecular formula is C30H61O2. The van der Waals surface area contributed by atoms with Gasteiger partial charge in [-0.3, -0.25) is 0 Å². The summed E-state index contributed by atoms with van der Waals surface area (Å²) in [7, 11) is 0. The summed E-state index contributed by atoms with van der Waals surface area (Å²) in [6.45, 7) is 7.48. The number of unbranched alkanes of at least 4 members (excludes halogenated alkanes) is 19. The zero-order valence-corrected chi connectivity index (χ0v) is 22.6. The third kappa shape index (κ3) is 23.1. The topological polar surface area (TPSA) is 29.1 Å². The summed E-state index contributed by atoms with van der Waals surface area (Å²) in [5.74, 6) is 0.232. The molecule has 0 rings (SSSR count). The molecule has 0 heterocycles. The molecule has 2 unspecified atom stereocenters. The molecule has 0 aromatic carbocycles. The van der Waals surface area contributed by atoms with Crippen LogP contribution in [0.1, 0.15) is 175 Å². The van der Waals surface area contributed by atoms with E-state index in [2.05, 4.69) is 20.8 Å². The maximum Gasteiger partial charge on any atom is 0.194 e. The molecule has 0 N–H and O–H groups in total. The second kappa shape index (κ2) is 27.2. The summed E-state index contributed by atoms with van der Waals surface area (Å²) in [4.78, 5) is 0. The Bertz CT molecular complexity index is 331. The monoisotopic (exact) mass is 453 g/mol. The molecule has 193 valence electrons. The second-order valence-corrected chi connectivity index (χ2v) is 10.3. The van der Waals surface area contributed by atoms with Crippen molar-refractivity contribution >= 4 is 0 Å². The zero-order valence-electron chi connectivity index (χ0n) is 22.6. The fraction of sp³-hybridized carbons (Fsp3) is 1.00. The van der Waals surface area contributed by atoms with Gasteiger partial charge in [0.1, 0.15) is 0 Å². The fourth-order valence-electron chi connectivity index (χ4n) is 4.72. The maximum absolute atomic E-state index is 12.7. The van der Waals surface area contributed by atoms with Crippen LogP contribution < -0.4 is 0 Å². The summed E-state index contributed by atoms with van der Waals surface area (Å²) in [6.07, 6.45) is 30.4.